The first-order valence-electron chi connectivity index (χ1n) is 11.3. The third kappa shape index (κ3) is 6.96. The van der Waals surface area contributed by atoms with E-state index in [1.54, 1.807) is 13.2 Å². The first-order valence-corrected chi connectivity index (χ1v) is 11.3. The summed E-state index contributed by atoms with van der Waals surface area (Å²) in [5.74, 6) is 0.699. The Labute approximate surface area is 218 Å². The molecule has 8 nitrogen and oxygen atoms in total. The van der Waals surface area contributed by atoms with Gasteiger partial charge in [0.05, 0.1) is 13.1 Å². The normalized spacial score (nSPS) is 13.9. The summed E-state index contributed by atoms with van der Waals surface area (Å²) in [6.45, 7) is 4.68. The van der Waals surface area contributed by atoms with E-state index in [1.165, 1.54) is 16.8 Å². The van der Waals surface area contributed by atoms with E-state index in [4.69, 9.17) is 0 Å². The maximum absolute atomic E-state index is 12.7. The number of carbonyl (C=O) groups is 1. The molecule has 9 heteroatoms. The molecule has 1 amide bonds. The molecule has 1 fully saturated rings. The zero-order valence-corrected chi connectivity index (χ0v) is 21.8. The quantitative estimate of drug-likeness (QED) is 0.258. The number of para-hydroxylation sites is 1. The van der Waals surface area contributed by atoms with Gasteiger partial charge in [-0.2, -0.15) is 5.10 Å². The van der Waals surface area contributed by atoms with Crippen LogP contribution in [0.15, 0.2) is 78.0 Å². The molecule has 180 valence electrons. The summed E-state index contributed by atoms with van der Waals surface area (Å²) in [5, 5.41) is 10.8. The number of benzene rings is 2. The highest BCUT2D eigenvalue weighted by atomic mass is 127. The number of rotatable bonds is 7. The molecular formula is C25H32IN7O. The van der Waals surface area contributed by atoms with Crippen molar-refractivity contribution in [3.8, 4) is 0 Å². The first kappa shape index (κ1) is 25.5. The lowest BCUT2D eigenvalue weighted by Gasteiger charge is -2.36. The molecule has 0 unspecified atom stereocenters. The number of halogens is 1. The molecule has 1 aliphatic rings. The summed E-state index contributed by atoms with van der Waals surface area (Å²) in [7, 11) is 1.72. The van der Waals surface area contributed by atoms with Crippen LogP contribution in [0.2, 0.25) is 0 Å². The molecule has 2 heterocycles. The second kappa shape index (κ2) is 13.0. The van der Waals surface area contributed by atoms with Gasteiger partial charge in [0.15, 0.2) is 5.96 Å². The second-order valence-electron chi connectivity index (χ2n) is 7.96. The number of aliphatic imine (C=N–C) groups is 1. The lowest BCUT2D eigenvalue weighted by atomic mass is 10.1. The zero-order valence-electron chi connectivity index (χ0n) is 19.4. The van der Waals surface area contributed by atoms with Crippen LogP contribution in [0, 0.1) is 0 Å². The molecule has 0 radical (unpaired) electrons. The topological polar surface area (TPSA) is 77.8 Å². The number of piperazine rings is 1. The van der Waals surface area contributed by atoms with E-state index in [1.807, 2.05) is 52.2 Å². The van der Waals surface area contributed by atoms with Crippen LogP contribution >= 0.6 is 24.0 Å². The second-order valence-corrected chi connectivity index (χ2v) is 7.96. The van der Waals surface area contributed by atoms with Crippen molar-refractivity contribution in [2.45, 2.75) is 13.1 Å². The smallest absolute Gasteiger partial charge is 0.242 e. The summed E-state index contributed by atoms with van der Waals surface area (Å²) in [5.41, 5.74) is 3.57. The Bertz CT molecular complexity index is 1050. The van der Waals surface area contributed by atoms with Gasteiger partial charge in [0, 0.05) is 57.9 Å². The first-order chi connectivity index (χ1) is 16.2. The van der Waals surface area contributed by atoms with Gasteiger partial charge in [-0.15, -0.1) is 24.0 Å². The Morgan fingerprint density at radius 2 is 1.65 bits per heavy atom. The molecule has 0 aliphatic carbocycles. The monoisotopic (exact) mass is 573 g/mol. The number of anilines is 1. The lowest BCUT2D eigenvalue weighted by molar-refractivity contribution is -0.130. The highest BCUT2D eigenvalue weighted by molar-refractivity contribution is 14.0. The number of nitrogens with one attached hydrogen (secondary N) is 2. The van der Waals surface area contributed by atoms with Crippen LogP contribution in [0.1, 0.15) is 11.1 Å². The minimum atomic E-state index is 0. The Morgan fingerprint density at radius 1 is 0.941 bits per heavy atom. The van der Waals surface area contributed by atoms with Crippen LogP contribution < -0.4 is 15.5 Å². The summed E-state index contributed by atoms with van der Waals surface area (Å²) in [6.07, 6.45) is 3.74. The van der Waals surface area contributed by atoms with Crippen LogP contribution in [0.5, 0.6) is 0 Å². The predicted octanol–water partition coefficient (Wildman–Crippen LogP) is 2.56. The van der Waals surface area contributed by atoms with Gasteiger partial charge in [-0.3, -0.25) is 14.5 Å². The largest absolute Gasteiger partial charge is 0.368 e. The van der Waals surface area contributed by atoms with Crippen molar-refractivity contribution < 1.29 is 4.79 Å². The minimum Gasteiger partial charge on any atom is -0.368 e. The van der Waals surface area contributed by atoms with Crippen LogP contribution in [-0.2, 0) is 17.9 Å². The number of aromatic nitrogens is 2. The van der Waals surface area contributed by atoms with Crippen molar-refractivity contribution in [2.24, 2.45) is 4.99 Å². The van der Waals surface area contributed by atoms with Crippen molar-refractivity contribution in [1.29, 1.82) is 0 Å². The molecule has 4 rings (SSSR count). The molecule has 2 N–H and O–H groups in total. The minimum absolute atomic E-state index is 0. The fourth-order valence-electron chi connectivity index (χ4n) is 3.98. The number of amides is 1. The fraction of sp³-hybridized carbons (Fsp3) is 0.320. The van der Waals surface area contributed by atoms with E-state index in [-0.39, 0.29) is 36.4 Å². The maximum Gasteiger partial charge on any atom is 0.242 e. The van der Waals surface area contributed by atoms with Gasteiger partial charge in [-0.25, -0.2) is 0 Å². The van der Waals surface area contributed by atoms with E-state index in [0.717, 1.165) is 26.2 Å². The molecular weight excluding hydrogens is 541 g/mol. The van der Waals surface area contributed by atoms with Gasteiger partial charge < -0.3 is 20.4 Å². The van der Waals surface area contributed by atoms with Gasteiger partial charge in [0.2, 0.25) is 5.91 Å². The number of hydrogen-bond acceptors (Lipinski definition) is 4. The summed E-state index contributed by atoms with van der Waals surface area (Å²) in [4.78, 5) is 21.2. The van der Waals surface area contributed by atoms with Crippen molar-refractivity contribution >= 4 is 41.5 Å². The fourth-order valence-corrected chi connectivity index (χ4v) is 3.98. The van der Waals surface area contributed by atoms with E-state index >= 15 is 0 Å². The highest BCUT2D eigenvalue weighted by Crippen LogP contribution is 2.15. The Morgan fingerprint density at radius 3 is 2.32 bits per heavy atom. The number of nitrogens with zero attached hydrogens (tertiary/aromatic N) is 5. The number of guanidine groups is 1. The maximum atomic E-state index is 12.7. The van der Waals surface area contributed by atoms with Crippen molar-refractivity contribution in [2.75, 3.05) is 44.7 Å². The molecule has 0 atom stereocenters. The van der Waals surface area contributed by atoms with Gasteiger partial charge >= 0.3 is 0 Å². The van der Waals surface area contributed by atoms with Gasteiger partial charge in [-0.05, 0) is 29.3 Å². The average molecular weight is 573 g/mol. The van der Waals surface area contributed by atoms with Crippen LogP contribution in [0.4, 0.5) is 5.69 Å². The third-order valence-corrected chi connectivity index (χ3v) is 5.84. The van der Waals surface area contributed by atoms with Crippen molar-refractivity contribution in [3.63, 3.8) is 0 Å². The number of carbonyl (C=O) groups excluding carboxylic acids is 1. The summed E-state index contributed by atoms with van der Waals surface area (Å²) < 4.78 is 1.90. The average Bonchev–Trinajstić information content (AvgIpc) is 3.38. The third-order valence-electron chi connectivity index (χ3n) is 5.84. The van der Waals surface area contributed by atoms with E-state index < -0.39 is 0 Å². The molecule has 1 aromatic heterocycles. The Hall–Kier alpha value is -3.08. The molecule has 2 aromatic carbocycles. The van der Waals surface area contributed by atoms with Crippen LogP contribution in [0.25, 0.3) is 0 Å². The lowest BCUT2D eigenvalue weighted by Crippen LogP contribution is -2.52. The van der Waals surface area contributed by atoms with E-state index in [9.17, 15) is 4.79 Å². The molecule has 34 heavy (non-hydrogen) atoms. The van der Waals surface area contributed by atoms with E-state index in [0.29, 0.717) is 19.0 Å². The molecule has 0 spiro atoms. The van der Waals surface area contributed by atoms with Crippen molar-refractivity contribution in [3.05, 3.63) is 84.2 Å². The SMILES string of the molecule is CN=C(NCC(=O)N1CCN(c2ccccc2)CC1)NCc1ccccc1Cn1cccn1.I. The zero-order chi connectivity index (χ0) is 22.9. The van der Waals surface area contributed by atoms with Crippen LogP contribution in [0.3, 0.4) is 0 Å². The predicted molar refractivity (Wildman–Crippen MR) is 147 cm³/mol. The Kier molecular flexibility index (Phi) is 9.75. The summed E-state index contributed by atoms with van der Waals surface area (Å²) >= 11 is 0. The van der Waals surface area contributed by atoms with Gasteiger partial charge in [0.25, 0.3) is 0 Å². The Balaban J connectivity index is 0.00000324. The van der Waals surface area contributed by atoms with Gasteiger partial charge in [0.1, 0.15) is 0 Å². The molecule has 1 saturated heterocycles. The molecule has 3 aromatic rings. The van der Waals surface area contributed by atoms with Crippen molar-refractivity contribution in [1.82, 2.24) is 25.3 Å². The number of hydrogen-bond donors (Lipinski definition) is 2. The molecule has 0 saturated carbocycles. The summed E-state index contributed by atoms with van der Waals surface area (Å²) in [6, 6.07) is 20.5. The molecule has 0 bridgehead atoms. The van der Waals surface area contributed by atoms with Gasteiger partial charge in [-0.1, -0.05) is 42.5 Å². The standard InChI is InChI=1S/C25H31N7O.HI/c1-26-25(27-18-21-8-5-6-9-22(21)20-32-13-7-12-29-32)28-19-24(33)31-16-14-30(15-17-31)23-10-3-2-4-11-23;/h2-13H,14-20H2,1H3,(H2,26,27,28);1H. The van der Waals surface area contributed by atoms with E-state index in [2.05, 4.69) is 49.9 Å². The molecule has 1 aliphatic heterocycles. The highest BCUT2D eigenvalue weighted by Gasteiger charge is 2.21. The van der Waals surface area contributed by atoms with Crippen LogP contribution in [-0.4, -0.2) is 66.3 Å².